The Morgan fingerprint density at radius 1 is 1.44 bits per heavy atom. The number of hydrogen-bond donors (Lipinski definition) is 4. The van der Waals surface area contributed by atoms with Gasteiger partial charge in [0.15, 0.2) is 0 Å². The van der Waals surface area contributed by atoms with Crippen molar-refractivity contribution in [2.24, 2.45) is 5.14 Å². The predicted molar refractivity (Wildman–Crippen MR) is 71.6 cm³/mol. The Balaban J connectivity index is 3.01. The van der Waals surface area contributed by atoms with Crippen molar-refractivity contribution in [2.45, 2.75) is 30.7 Å². The molecule has 1 atom stereocenters. The number of benzene rings is 1. The molecule has 102 valence electrons. The Morgan fingerprint density at radius 3 is 2.61 bits per heavy atom. The number of primary sulfonamides is 1. The second-order valence-corrected chi connectivity index (χ2v) is 5.62. The number of aliphatic hydroxyl groups excluding tert-OH is 1. The van der Waals surface area contributed by atoms with E-state index < -0.39 is 10.0 Å². The fourth-order valence-electron chi connectivity index (χ4n) is 1.59. The molecule has 0 bridgehead atoms. The van der Waals surface area contributed by atoms with Crippen LogP contribution in [0.25, 0.3) is 0 Å². The molecule has 0 saturated carbocycles. The van der Waals surface area contributed by atoms with Crippen molar-refractivity contribution in [3.8, 4) is 0 Å². The largest absolute Gasteiger partial charge is 0.397 e. The molecule has 0 amide bonds. The van der Waals surface area contributed by atoms with Gasteiger partial charge in [-0.15, -0.1) is 0 Å². The number of hydrogen-bond acceptors (Lipinski definition) is 5. The third-order valence-corrected chi connectivity index (χ3v) is 3.59. The molecular formula is C11H19N3O3S. The Bertz CT molecular complexity index is 502. The maximum absolute atomic E-state index is 11.2. The van der Waals surface area contributed by atoms with Gasteiger partial charge in [-0.1, -0.05) is 6.92 Å². The van der Waals surface area contributed by atoms with Gasteiger partial charge in [0.2, 0.25) is 10.0 Å². The maximum atomic E-state index is 11.2. The van der Waals surface area contributed by atoms with Crippen molar-refractivity contribution in [3.63, 3.8) is 0 Å². The maximum Gasteiger partial charge on any atom is 0.238 e. The van der Waals surface area contributed by atoms with E-state index in [1.54, 1.807) is 0 Å². The predicted octanol–water partition coefficient (Wildman–Crippen LogP) is 0.489. The quantitative estimate of drug-likeness (QED) is 0.562. The van der Waals surface area contributed by atoms with Gasteiger partial charge in [0.05, 0.1) is 16.3 Å². The molecule has 0 aromatic heterocycles. The highest BCUT2D eigenvalue weighted by atomic mass is 32.2. The Labute approximate surface area is 107 Å². The molecule has 1 rings (SSSR count). The molecule has 7 heteroatoms. The Hall–Kier alpha value is -1.31. The van der Waals surface area contributed by atoms with Crippen molar-refractivity contribution < 1.29 is 13.5 Å². The summed E-state index contributed by atoms with van der Waals surface area (Å²) in [4.78, 5) is 0.0121. The monoisotopic (exact) mass is 273 g/mol. The van der Waals surface area contributed by atoms with Gasteiger partial charge >= 0.3 is 0 Å². The average molecular weight is 273 g/mol. The number of anilines is 2. The first-order chi connectivity index (χ1) is 8.38. The normalized spacial score (nSPS) is 13.3. The lowest BCUT2D eigenvalue weighted by Crippen LogP contribution is -2.21. The molecule has 18 heavy (non-hydrogen) atoms. The van der Waals surface area contributed by atoms with Crippen LogP contribution in [0.2, 0.25) is 0 Å². The third-order valence-electron chi connectivity index (χ3n) is 2.68. The SMILES string of the molecule is CCC(CCO)Nc1cc(S(N)(=O)=O)ccc1N. The first kappa shape index (κ1) is 14.7. The van der Waals surface area contributed by atoms with Gasteiger partial charge in [0.1, 0.15) is 0 Å². The molecule has 0 spiro atoms. The minimum absolute atomic E-state index is 0.0121. The van der Waals surface area contributed by atoms with Gasteiger partial charge in [-0.25, -0.2) is 13.6 Å². The topological polar surface area (TPSA) is 118 Å². The van der Waals surface area contributed by atoms with Crippen molar-refractivity contribution >= 4 is 21.4 Å². The van der Waals surface area contributed by atoms with Crippen LogP contribution in [-0.4, -0.2) is 26.2 Å². The summed E-state index contributed by atoms with van der Waals surface area (Å²) >= 11 is 0. The molecule has 0 heterocycles. The lowest BCUT2D eigenvalue weighted by atomic mass is 10.1. The minimum Gasteiger partial charge on any atom is -0.397 e. The zero-order valence-electron chi connectivity index (χ0n) is 10.3. The summed E-state index contributed by atoms with van der Waals surface area (Å²) < 4.78 is 22.5. The molecule has 0 aliphatic rings. The van der Waals surface area contributed by atoms with Gasteiger partial charge in [0.25, 0.3) is 0 Å². The Kier molecular flexibility index (Phi) is 4.94. The number of nitrogens with two attached hydrogens (primary N) is 2. The van der Waals surface area contributed by atoms with Crippen molar-refractivity contribution in [3.05, 3.63) is 18.2 Å². The zero-order valence-corrected chi connectivity index (χ0v) is 11.1. The summed E-state index contributed by atoms with van der Waals surface area (Å²) in [6, 6.07) is 4.30. The lowest BCUT2D eigenvalue weighted by Gasteiger charge is -2.19. The summed E-state index contributed by atoms with van der Waals surface area (Å²) in [6.07, 6.45) is 1.36. The van der Waals surface area contributed by atoms with E-state index in [4.69, 9.17) is 16.0 Å². The van der Waals surface area contributed by atoms with Crippen LogP contribution in [0.1, 0.15) is 19.8 Å². The first-order valence-electron chi connectivity index (χ1n) is 5.68. The molecule has 0 aliphatic heterocycles. The molecule has 0 radical (unpaired) electrons. The van der Waals surface area contributed by atoms with Crippen molar-refractivity contribution in [2.75, 3.05) is 17.7 Å². The standard InChI is InChI=1S/C11H19N3O3S/c1-2-8(5-6-15)14-11-7-9(18(13,16)17)3-4-10(11)12/h3-4,7-8,14-15H,2,5-6,12H2,1H3,(H2,13,16,17). The van der Waals surface area contributed by atoms with Crippen LogP contribution < -0.4 is 16.2 Å². The van der Waals surface area contributed by atoms with Crippen molar-refractivity contribution in [1.29, 1.82) is 0 Å². The second kappa shape index (κ2) is 6.03. The molecule has 6 N–H and O–H groups in total. The number of sulfonamides is 1. The summed E-state index contributed by atoms with van der Waals surface area (Å²) in [5.41, 5.74) is 6.73. The van der Waals surface area contributed by atoms with Gasteiger partial charge in [-0.3, -0.25) is 0 Å². The fraction of sp³-hybridized carbons (Fsp3) is 0.455. The summed E-state index contributed by atoms with van der Waals surface area (Å²) in [5.74, 6) is 0. The zero-order chi connectivity index (χ0) is 13.8. The molecule has 1 unspecified atom stereocenters. The highest BCUT2D eigenvalue weighted by Gasteiger charge is 2.12. The van der Waals surface area contributed by atoms with Crippen LogP contribution >= 0.6 is 0 Å². The second-order valence-electron chi connectivity index (χ2n) is 4.06. The summed E-state index contributed by atoms with van der Waals surface area (Å²) in [6.45, 7) is 2.02. The van der Waals surface area contributed by atoms with E-state index in [9.17, 15) is 8.42 Å². The van der Waals surface area contributed by atoms with Gasteiger partial charge in [0, 0.05) is 12.6 Å². The highest BCUT2D eigenvalue weighted by molar-refractivity contribution is 7.89. The smallest absolute Gasteiger partial charge is 0.238 e. The summed E-state index contributed by atoms with van der Waals surface area (Å²) in [7, 11) is -3.74. The van der Waals surface area contributed by atoms with E-state index in [1.807, 2.05) is 6.92 Å². The number of nitrogen functional groups attached to an aromatic ring is 1. The third kappa shape index (κ3) is 3.86. The van der Waals surface area contributed by atoms with Crippen LogP contribution in [0, 0.1) is 0 Å². The lowest BCUT2D eigenvalue weighted by molar-refractivity contribution is 0.278. The van der Waals surface area contributed by atoms with Crippen LogP contribution in [-0.2, 0) is 10.0 Å². The van der Waals surface area contributed by atoms with Crippen LogP contribution in [0.15, 0.2) is 23.1 Å². The van der Waals surface area contributed by atoms with Crippen LogP contribution in [0.3, 0.4) is 0 Å². The van der Waals surface area contributed by atoms with E-state index in [1.165, 1.54) is 18.2 Å². The Morgan fingerprint density at radius 2 is 2.11 bits per heavy atom. The fourth-order valence-corrected chi connectivity index (χ4v) is 2.13. The first-order valence-corrected chi connectivity index (χ1v) is 7.22. The number of aliphatic hydroxyl groups is 1. The molecular weight excluding hydrogens is 254 g/mol. The minimum atomic E-state index is -3.74. The number of nitrogens with one attached hydrogen (secondary N) is 1. The molecule has 1 aromatic carbocycles. The van der Waals surface area contributed by atoms with Gasteiger partial charge in [-0.2, -0.15) is 0 Å². The van der Waals surface area contributed by atoms with E-state index >= 15 is 0 Å². The van der Waals surface area contributed by atoms with Gasteiger partial charge < -0.3 is 16.2 Å². The molecule has 0 saturated heterocycles. The average Bonchev–Trinajstić information content (AvgIpc) is 2.29. The molecule has 6 nitrogen and oxygen atoms in total. The van der Waals surface area contributed by atoms with Crippen LogP contribution in [0.5, 0.6) is 0 Å². The van der Waals surface area contributed by atoms with E-state index in [0.29, 0.717) is 17.8 Å². The van der Waals surface area contributed by atoms with Gasteiger partial charge in [-0.05, 0) is 31.0 Å². The molecule has 0 fully saturated rings. The van der Waals surface area contributed by atoms with Crippen LogP contribution in [0.4, 0.5) is 11.4 Å². The molecule has 0 aliphatic carbocycles. The molecule has 1 aromatic rings. The van der Waals surface area contributed by atoms with Crippen molar-refractivity contribution in [1.82, 2.24) is 0 Å². The van der Waals surface area contributed by atoms with E-state index in [2.05, 4.69) is 5.32 Å². The van der Waals surface area contributed by atoms with E-state index in [-0.39, 0.29) is 17.5 Å². The summed E-state index contributed by atoms with van der Waals surface area (Å²) in [5, 5.41) is 17.1. The number of rotatable bonds is 6. The highest BCUT2D eigenvalue weighted by Crippen LogP contribution is 2.23. The van der Waals surface area contributed by atoms with E-state index in [0.717, 1.165) is 6.42 Å².